The fraction of sp³-hybridized carbons (Fsp3) is 0.406. The Morgan fingerprint density at radius 3 is 2.23 bits per heavy atom. The highest BCUT2D eigenvalue weighted by molar-refractivity contribution is 5.92. The van der Waals surface area contributed by atoms with Crippen LogP contribution in [0, 0.1) is 5.92 Å². The standard InChI is InChI=1S/C32H37F3N2O3/c1-22(2)31(38)36-27-6-4-5-25(21-27)23-15-18-37(19-16-23)20-17-30(24-7-11-28(39-3)12-8-24)40-29-13-9-26(10-14-29)32(33,34)35/h4-14,21-23,30H,15-20H2,1-3H3,(H,36,38). The molecular formula is C32H37F3N2O3. The third-order valence-electron chi connectivity index (χ3n) is 7.39. The number of rotatable bonds is 10. The minimum atomic E-state index is -4.39. The number of hydrogen-bond acceptors (Lipinski definition) is 4. The Morgan fingerprint density at radius 1 is 0.975 bits per heavy atom. The van der Waals surface area contributed by atoms with E-state index in [1.165, 1.54) is 17.7 Å². The fourth-order valence-electron chi connectivity index (χ4n) is 4.95. The van der Waals surface area contributed by atoms with Crippen LogP contribution < -0.4 is 14.8 Å². The van der Waals surface area contributed by atoms with Gasteiger partial charge in [0.15, 0.2) is 0 Å². The van der Waals surface area contributed by atoms with Crippen LogP contribution in [0.3, 0.4) is 0 Å². The van der Waals surface area contributed by atoms with Crippen molar-refractivity contribution in [2.24, 2.45) is 5.92 Å². The van der Waals surface area contributed by atoms with Gasteiger partial charge in [0.2, 0.25) is 5.91 Å². The minimum absolute atomic E-state index is 0.0110. The van der Waals surface area contributed by atoms with Crippen molar-refractivity contribution < 1.29 is 27.4 Å². The van der Waals surface area contributed by atoms with Gasteiger partial charge < -0.3 is 19.7 Å². The minimum Gasteiger partial charge on any atom is -0.497 e. The van der Waals surface area contributed by atoms with E-state index in [4.69, 9.17) is 9.47 Å². The van der Waals surface area contributed by atoms with Crippen LogP contribution in [-0.2, 0) is 11.0 Å². The number of alkyl halides is 3. The first-order chi connectivity index (χ1) is 19.1. The van der Waals surface area contributed by atoms with Gasteiger partial charge in [0.05, 0.1) is 12.7 Å². The van der Waals surface area contributed by atoms with Gasteiger partial charge in [0, 0.05) is 24.6 Å². The fourth-order valence-corrected chi connectivity index (χ4v) is 4.95. The van der Waals surface area contributed by atoms with Crippen LogP contribution in [0.15, 0.2) is 72.8 Å². The summed E-state index contributed by atoms with van der Waals surface area (Å²) in [5.74, 6) is 1.49. The monoisotopic (exact) mass is 554 g/mol. The largest absolute Gasteiger partial charge is 0.497 e. The highest BCUT2D eigenvalue weighted by atomic mass is 19.4. The van der Waals surface area contributed by atoms with Crippen molar-refractivity contribution in [1.82, 2.24) is 4.90 Å². The number of nitrogens with one attached hydrogen (secondary N) is 1. The number of carbonyl (C=O) groups is 1. The Hall–Kier alpha value is -3.52. The Kier molecular flexibility index (Phi) is 9.74. The molecular weight excluding hydrogens is 517 g/mol. The first-order valence-corrected chi connectivity index (χ1v) is 13.7. The number of ether oxygens (including phenoxy) is 2. The molecule has 1 fully saturated rings. The summed E-state index contributed by atoms with van der Waals surface area (Å²) in [6.07, 6.45) is -2.00. The van der Waals surface area contributed by atoms with Crippen LogP contribution in [0.25, 0.3) is 0 Å². The lowest BCUT2D eigenvalue weighted by atomic mass is 9.89. The molecule has 3 aromatic carbocycles. The van der Waals surface area contributed by atoms with Gasteiger partial charge in [-0.25, -0.2) is 0 Å². The number of nitrogens with zero attached hydrogens (tertiary/aromatic N) is 1. The lowest BCUT2D eigenvalue weighted by molar-refractivity contribution is -0.137. The van der Waals surface area contributed by atoms with Crippen LogP contribution in [0.2, 0.25) is 0 Å². The molecule has 40 heavy (non-hydrogen) atoms. The zero-order valence-corrected chi connectivity index (χ0v) is 23.2. The molecule has 5 nitrogen and oxygen atoms in total. The molecule has 214 valence electrons. The molecule has 1 saturated heterocycles. The Morgan fingerprint density at radius 2 is 1.62 bits per heavy atom. The maximum atomic E-state index is 13.0. The highest BCUT2D eigenvalue weighted by Gasteiger charge is 2.30. The molecule has 0 saturated carbocycles. The molecule has 0 aromatic heterocycles. The topological polar surface area (TPSA) is 50.8 Å². The smallest absolute Gasteiger partial charge is 0.416 e. The van der Waals surface area contributed by atoms with Gasteiger partial charge in [-0.3, -0.25) is 4.79 Å². The van der Waals surface area contributed by atoms with Gasteiger partial charge >= 0.3 is 6.18 Å². The Bertz CT molecular complexity index is 1240. The van der Waals surface area contributed by atoms with Crippen LogP contribution in [0.1, 0.15) is 61.8 Å². The van der Waals surface area contributed by atoms with E-state index in [0.29, 0.717) is 18.1 Å². The summed E-state index contributed by atoms with van der Waals surface area (Å²) >= 11 is 0. The normalized spacial score (nSPS) is 15.6. The lowest BCUT2D eigenvalue weighted by Gasteiger charge is -2.33. The van der Waals surface area contributed by atoms with E-state index in [9.17, 15) is 18.0 Å². The average molecular weight is 555 g/mol. The second-order valence-corrected chi connectivity index (χ2v) is 10.6. The number of halogens is 3. The molecule has 1 aliphatic rings. The molecule has 1 N–H and O–H groups in total. The first-order valence-electron chi connectivity index (χ1n) is 13.7. The summed E-state index contributed by atoms with van der Waals surface area (Å²) in [6.45, 7) is 6.42. The van der Waals surface area contributed by atoms with Gasteiger partial charge in [-0.15, -0.1) is 0 Å². The summed E-state index contributed by atoms with van der Waals surface area (Å²) in [7, 11) is 1.60. The van der Waals surface area contributed by atoms with Crippen LogP contribution in [0.4, 0.5) is 18.9 Å². The van der Waals surface area contributed by atoms with Gasteiger partial charge in [-0.05, 0) is 91.5 Å². The molecule has 8 heteroatoms. The number of anilines is 1. The second-order valence-electron chi connectivity index (χ2n) is 10.6. The van der Waals surface area contributed by atoms with Crippen molar-refractivity contribution in [2.45, 2.75) is 51.3 Å². The molecule has 4 rings (SSSR count). The van der Waals surface area contributed by atoms with Crippen molar-refractivity contribution in [3.63, 3.8) is 0 Å². The van der Waals surface area contributed by atoms with E-state index in [2.05, 4.69) is 22.3 Å². The van der Waals surface area contributed by atoms with Crippen molar-refractivity contribution in [1.29, 1.82) is 0 Å². The van der Waals surface area contributed by atoms with Crippen LogP contribution in [-0.4, -0.2) is 37.6 Å². The maximum absolute atomic E-state index is 13.0. The third kappa shape index (κ3) is 8.01. The second kappa shape index (κ2) is 13.2. The Labute approximate surface area is 234 Å². The van der Waals surface area contributed by atoms with Crippen molar-refractivity contribution >= 4 is 11.6 Å². The molecule has 1 aliphatic heterocycles. The van der Waals surface area contributed by atoms with Crippen molar-refractivity contribution in [3.8, 4) is 11.5 Å². The van der Waals surface area contributed by atoms with Crippen molar-refractivity contribution in [2.75, 3.05) is 32.1 Å². The summed E-state index contributed by atoms with van der Waals surface area (Å²) < 4.78 is 50.5. The summed E-state index contributed by atoms with van der Waals surface area (Å²) in [5.41, 5.74) is 2.32. The summed E-state index contributed by atoms with van der Waals surface area (Å²) in [6, 6.07) is 20.6. The molecule has 1 heterocycles. The number of methoxy groups -OCH3 is 1. The molecule has 0 bridgehead atoms. The van der Waals surface area contributed by atoms with E-state index >= 15 is 0 Å². The summed E-state index contributed by atoms with van der Waals surface area (Å²) in [4.78, 5) is 14.5. The van der Waals surface area contributed by atoms with Crippen LogP contribution in [0.5, 0.6) is 11.5 Å². The van der Waals surface area contributed by atoms with E-state index < -0.39 is 11.7 Å². The molecule has 1 atom stereocenters. The number of benzene rings is 3. The molecule has 0 spiro atoms. The SMILES string of the molecule is COc1ccc(C(CCN2CCC(c3cccc(NC(=O)C(C)C)c3)CC2)Oc2ccc(C(F)(F)F)cc2)cc1. The zero-order chi connectivity index (χ0) is 28.7. The number of hydrogen-bond donors (Lipinski definition) is 1. The highest BCUT2D eigenvalue weighted by Crippen LogP contribution is 2.33. The molecule has 0 radical (unpaired) electrons. The van der Waals surface area contributed by atoms with Crippen molar-refractivity contribution in [3.05, 3.63) is 89.5 Å². The zero-order valence-electron chi connectivity index (χ0n) is 23.2. The maximum Gasteiger partial charge on any atom is 0.416 e. The van der Waals surface area contributed by atoms with E-state index in [1.54, 1.807) is 7.11 Å². The first kappa shape index (κ1) is 29.5. The molecule has 0 aliphatic carbocycles. The quantitative estimate of drug-likeness (QED) is 0.279. The molecule has 1 amide bonds. The van der Waals surface area contributed by atoms with E-state index in [-0.39, 0.29) is 17.9 Å². The number of piperidine rings is 1. The number of likely N-dealkylation sites (tertiary alicyclic amines) is 1. The van der Waals surface area contributed by atoms with Gasteiger partial charge in [0.1, 0.15) is 17.6 Å². The Balaban J connectivity index is 1.37. The summed E-state index contributed by atoms with van der Waals surface area (Å²) in [5, 5.41) is 2.99. The van der Waals surface area contributed by atoms with Gasteiger partial charge in [-0.2, -0.15) is 13.2 Å². The van der Waals surface area contributed by atoms with Crippen LogP contribution >= 0.6 is 0 Å². The van der Waals surface area contributed by atoms with E-state index in [0.717, 1.165) is 61.6 Å². The lowest BCUT2D eigenvalue weighted by Crippen LogP contribution is -2.34. The molecule has 1 unspecified atom stereocenters. The average Bonchev–Trinajstić information content (AvgIpc) is 2.95. The number of carbonyl (C=O) groups excluding carboxylic acids is 1. The predicted molar refractivity (Wildman–Crippen MR) is 151 cm³/mol. The van der Waals surface area contributed by atoms with Gasteiger partial charge in [0.25, 0.3) is 0 Å². The molecule has 3 aromatic rings. The third-order valence-corrected chi connectivity index (χ3v) is 7.39. The number of amides is 1. The van der Waals surface area contributed by atoms with Gasteiger partial charge in [-0.1, -0.05) is 38.1 Å². The predicted octanol–water partition coefficient (Wildman–Crippen LogP) is 7.70. The van der Waals surface area contributed by atoms with E-state index in [1.807, 2.05) is 50.2 Å².